The van der Waals surface area contributed by atoms with Gasteiger partial charge in [0.25, 0.3) is 0 Å². The van der Waals surface area contributed by atoms with E-state index >= 15 is 0 Å². The molecule has 0 bridgehead atoms. The van der Waals surface area contributed by atoms with E-state index in [0.717, 1.165) is 32.0 Å². The van der Waals surface area contributed by atoms with Crippen LogP contribution in [0.25, 0.3) is 43.6 Å². The minimum Gasteiger partial charge on any atom is -0.349 e. The predicted octanol–water partition coefficient (Wildman–Crippen LogP) is 4.87. The highest BCUT2D eigenvalue weighted by molar-refractivity contribution is 7.19. The van der Waals surface area contributed by atoms with E-state index in [1.165, 1.54) is 11.3 Å². The Morgan fingerprint density at radius 2 is 1.89 bits per heavy atom. The van der Waals surface area contributed by atoms with E-state index < -0.39 is 0 Å². The van der Waals surface area contributed by atoms with E-state index in [0.29, 0.717) is 16.7 Å². The van der Waals surface area contributed by atoms with Crippen molar-refractivity contribution in [1.29, 1.82) is 0 Å². The molecule has 5 aromatic rings. The molecule has 0 fully saturated rings. The summed E-state index contributed by atoms with van der Waals surface area (Å²) < 4.78 is 2.02. The molecule has 5 aromatic heterocycles. The predicted molar refractivity (Wildman–Crippen MR) is 111 cm³/mol. The van der Waals surface area contributed by atoms with Gasteiger partial charge in [0.15, 0.2) is 5.82 Å². The van der Waals surface area contributed by atoms with Gasteiger partial charge in [-0.2, -0.15) is 0 Å². The molecule has 28 heavy (non-hydrogen) atoms. The second kappa shape index (κ2) is 6.78. The lowest BCUT2D eigenvalue weighted by Gasteiger charge is -2.07. The zero-order chi connectivity index (χ0) is 19.1. The second-order valence-corrected chi connectivity index (χ2v) is 7.53. The van der Waals surface area contributed by atoms with Crippen LogP contribution in [-0.2, 0) is 7.05 Å². The number of thiazole rings is 1. The van der Waals surface area contributed by atoms with Crippen LogP contribution in [0.5, 0.6) is 0 Å². The first-order valence-electron chi connectivity index (χ1n) is 8.51. The number of rotatable bonds is 3. The maximum atomic E-state index is 6.49. The summed E-state index contributed by atoms with van der Waals surface area (Å²) in [5.74, 6) is 0.573. The molecular formula is C20H13ClN6S. The SMILES string of the molecule is Cn1ccc2cc(-c3sc(-c4cccnc4)nc3Cl)nc(-c3ncccn3)c21. The molecule has 136 valence electrons. The second-order valence-electron chi connectivity index (χ2n) is 6.17. The van der Waals surface area contributed by atoms with Crippen LogP contribution in [0.15, 0.2) is 61.3 Å². The Hall–Kier alpha value is -3.16. The number of fused-ring (bicyclic) bond motifs is 1. The fourth-order valence-corrected chi connectivity index (χ4v) is 4.34. The molecule has 0 spiro atoms. The van der Waals surface area contributed by atoms with Crippen LogP contribution in [0.3, 0.4) is 0 Å². The Morgan fingerprint density at radius 1 is 1.04 bits per heavy atom. The Bertz CT molecular complexity index is 1280. The van der Waals surface area contributed by atoms with Gasteiger partial charge in [0.1, 0.15) is 15.9 Å². The van der Waals surface area contributed by atoms with Gasteiger partial charge in [-0.3, -0.25) is 4.98 Å². The van der Waals surface area contributed by atoms with E-state index in [9.17, 15) is 0 Å². The quantitative estimate of drug-likeness (QED) is 0.429. The lowest BCUT2D eigenvalue weighted by Crippen LogP contribution is -1.97. The average molecular weight is 405 g/mol. The van der Waals surface area contributed by atoms with Gasteiger partial charge in [0.2, 0.25) is 0 Å². The molecule has 0 saturated heterocycles. The number of halogens is 1. The van der Waals surface area contributed by atoms with Crippen molar-refractivity contribution in [2.45, 2.75) is 0 Å². The molecule has 0 atom stereocenters. The van der Waals surface area contributed by atoms with Gasteiger partial charge in [-0.25, -0.2) is 19.9 Å². The third kappa shape index (κ3) is 2.85. The number of hydrogen-bond donors (Lipinski definition) is 0. The normalized spacial score (nSPS) is 11.2. The van der Waals surface area contributed by atoms with Gasteiger partial charge in [-0.15, -0.1) is 11.3 Å². The molecule has 8 heteroatoms. The van der Waals surface area contributed by atoms with Crippen LogP contribution >= 0.6 is 22.9 Å². The van der Waals surface area contributed by atoms with Gasteiger partial charge in [0.05, 0.1) is 16.1 Å². The highest BCUT2D eigenvalue weighted by atomic mass is 35.5. The lowest BCUT2D eigenvalue weighted by molar-refractivity contribution is 0.963. The van der Waals surface area contributed by atoms with Crippen molar-refractivity contribution in [2.75, 3.05) is 0 Å². The molecule has 0 saturated carbocycles. The minimum absolute atomic E-state index is 0.423. The first-order chi connectivity index (χ1) is 13.7. The summed E-state index contributed by atoms with van der Waals surface area (Å²) in [6, 6.07) is 9.69. The van der Waals surface area contributed by atoms with Crippen LogP contribution in [0.1, 0.15) is 0 Å². The molecule has 0 aliphatic carbocycles. The molecule has 5 heterocycles. The molecule has 0 aliphatic heterocycles. The van der Waals surface area contributed by atoms with Gasteiger partial charge < -0.3 is 4.57 Å². The van der Waals surface area contributed by atoms with Crippen molar-refractivity contribution in [1.82, 2.24) is 29.5 Å². The summed E-state index contributed by atoms with van der Waals surface area (Å²) >= 11 is 7.98. The Labute approximate surface area is 169 Å². The van der Waals surface area contributed by atoms with E-state index in [2.05, 4.69) is 19.9 Å². The monoisotopic (exact) mass is 404 g/mol. The Morgan fingerprint density at radius 3 is 2.68 bits per heavy atom. The van der Waals surface area contributed by atoms with E-state index in [4.69, 9.17) is 16.6 Å². The van der Waals surface area contributed by atoms with Crippen LogP contribution < -0.4 is 0 Å². The summed E-state index contributed by atoms with van der Waals surface area (Å²) in [6.45, 7) is 0. The largest absolute Gasteiger partial charge is 0.349 e. The van der Waals surface area contributed by atoms with Gasteiger partial charge in [0, 0.05) is 49.0 Å². The van der Waals surface area contributed by atoms with Crippen molar-refractivity contribution in [3.05, 3.63) is 66.5 Å². The Balaban J connectivity index is 1.72. The summed E-state index contributed by atoms with van der Waals surface area (Å²) in [5, 5.41) is 2.27. The zero-order valence-corrected chi connectivity index (χ0v) is 16.3. The summed E-state index contributed by atoms with van der Waals surface area (Å²) in [5.41, 5.74) is 3.36. The first kappa shape index (κ1) is 17.0. The lowest BCUT2D eigenvalue weighted by atomic mass is 10.2. The first-order valence-corrected chi connectivity index (χ1v) is 9.71. The molecular weight excluding hydrogens is 392 g/mol. The molecule has 0 amide bonds. The van der Waals surface area contributed by atoms with E-state index in [1.807, 2.05) is 42.1 Å². The summed E-state index contributed by atoms with van der Waals surface area (Å²) in [4.78, 5) is 23.1. The summed E-state index contributed by atoms with van der Waals surface area (Å²) in [6.07, 6.45) is 8.93. The maximum Gasteiger partial charge on any atom is 0.180 e. The van der Waals surface area contributed by atoms with Gasteiger partial charge in [-0.05, 0) is 30.3 Å². The van der Waals surface area contributed by atoms with Crippen LogP contribution in [0.4, 0.5) is 0 Å². The number of hydrogen-bond acceptors (Lipinski definition) is 6. The number of aryl methyl sites for hydroxylation is 1. The highest BCUT2D eigenvalue weighted by Gasteiger charge is 2.19. The minimum atomic E-state index is 0.423. The summed E-state index contributed by atoms with van der Waals surface area (Å²) in [7, 11) is 1.98. The van der Waals surface area contributed by atoms with Crippen molar-refractivity contribution < 1.29 is 0 Å². The molecule has 0 aliphatic rings. The third-order valence-electron chi connectivity index (χ3n) is 4.36. The molecule has 0 aromatic carbocycles. The van der Waals surface area contributed by atoms with Crippen LogP contribution in [0, 0.1) is 0 Å². The van der Waals surface area contributed by atoms with Crippen molar-refractivity contribution >= 4 is 33.8 Å². The van der Waals surface area contributed by atoms with Crippen molar-refractivity contribution in [3.8, 4) is 32.7 Å². The topological polar surface area (TPSA) is 69.4 Å². The smallest absolute Gasteiger partial charge is 0.180 e. The van der Waals surface area contributed by atoms with E-state index in [-0.39, 0.29) is 0 Å². The number of nitrogens with zero attached hydrogens (tertiary/aromatic N) is 6. The highest BCUT2D eigenvalue weighted by Crippen LogP contribution is 2.39. The zero-order valence-electron chi connectivity index (χ0n) is 14.7. The number of aromatic nitrogens is 6. The molecule has 5 rings (SSSR count). The van der Waals surface area contributed by atoms with Gasteiger partial charge in [-0.1, -0.05) is 11.6 Å². The van der Waals surface area contributed by atoms with Crippen molar-refractivity contribution in [3.63, 3.8) is 0 Å². The fourth-order valence-electron chi connectivity index (χ4n) is 3.09. The number of pyridine rings is 2. The molecule has 6 nitrogen and oxygen atoms in total. The van der Waals surface area contributed by atoms with Crippen molar-refractivity contribution in [2.24, 2.45) is 7.05 Å². The fraction of sp³-hybridized carbons (Fsp3) is 0.0500. The standard InChI is InChI=1S/C20H13ClN6S/c1-27-9-5-12-10-14(25-15(16(12)27)19-23-7-3-8-24-19)17-18(21)26-20(28-17)13-4-2-6-22-11-13/h2-11H,1H3. The Kier molecular flexibility index (Phi) is 4.11. The average Bonchev–Trinajstić information content (AvgIpc) is 3.32. The molecule has 0 unspecified atom stereocenters. The van der Waals surface area contributed by atoms with Crippen LogP contribution in [0.2, 0.25) is 5.15 Å². The molecule has 0 N–H and O–H groups in total. The third-order valence-corrected chi connectivity index (χ3v) is 5.87. The molecule has 0 radical (unpaired) electrons. The van der Waals surface area contributed by atoms with Gasteiger partial charge >= 0.3 is 0 Å². The maximum absolute atomic E-state index is 6.49. The van der Waals surface area contributed by atoms with Crippen LogP contribution in [-0.4, -0.2) is 29.5 Å². The van der Waals surface area contributed by atoms with E-state index in [1.54, 1.807) is 30.9 Å².